The van der Waals surface area contributed by atoms with E-state index < -0.39 is 10.0 Å². The molecule has 2 rings (SSSR count). The molecule has 0 aliphatic heterocycles. The van der Waals surface area contributed by atoms with Crippen molar-refractivity contribution in [3.63, 3.8) is 0 Å². The average molecular weight is 314 g/mol. The molecule has 1 saturated carbocycles. The van der Waals surface area contributed by atoms with E-state index in [-0.39, 0.29) is 11.4 Å². The molecule has 0 atom stereocenters. The lowest BCUT2D eigenvalue weighted by Gasteiger charge is -2.12. The molecule has 0 unspecified atom stereocenters. The standard InChI is InChI=1S/C14H22N2O4S/c1-2-20-13-6-5-12(15)9-14(13)21(17,18)16-7-8-19-10-11-3-4-11/h5-6,9,11,16H,2-4,7-8,10,15H2,1H3. The minimum absolute atomic E-state index is 0.0616. The molecule has 118 valence electrons. The molecule has 21 heavy (non-hydrogen) atoms. The number of nitrogen functional groups attached to an aromatic ring is 1. The molecule has 0 heterocycles. The van der Waals surface area contributed by atoms with E-state index in [0.29, 0.717) is 37.2 Å². The van der Waals surface area contributed by atoms with Gasteiger partial charge in [-0.1, -0.05) is 0 Å². The molecule has 7 heteroatoms. The van der Waals surface area contributed by atoms with E-state index in [1.54, 1.807) is 19.1 Å². The number of anilines is 1. The number of hydrogen-bond donors (Lipinski definition) is 2. The second kappa shape index (κ2) is 7.11. The average Bonchev–Trinajstić information content (AvgIpc) is 3.24. The Bertz CT molecular complexity index is 570. The van der Waals surface area contributed by atoms with Crippen LogP contribution in [0.25, 0.3) is 0 Å². The predicted molar refractivity (Wildman–Crippen MR) is 80.8 cm³/mol. The summed E-state index contributed by atoms with van der Waals surface area (Å²) >= 11 is 0. The van der Waals surface area contributed by atoms with E-state index in [4.69, 9.17) is 15.2 Å². The van der Waals surface area contributed by atoms with Gasteiger partial charge in [-0.2, -0.15) is 0 Å². The predicted octanol–water partition coefficient (Wildman–Crippen LogP) is 1.37. The number of nitrogens with two attached hydrogens (primary N) is 1. The minimum Gasteiger partial charge on any atom is -0.492 e. The summed E-state index contributed by atoms with van der Waals surface area (Å²) in [7, 11) is -3.66. The maximum atomic E-state index is 12.3. The van der Waals surface area contributed by atoms with Crippen LogP contribution in [0.2, 0.25) is 0 Å². The van der Waals surface area contributed by atoms with Crippen molar-refractivity contribution in [3.05, 3.63) is 18.2 Å². The normalized spacial score (nSPS) is 15.1. The van der Waals surface area contributed by atoms with Crippen molar-refractivity contribution in [1.29, 1.82) is 0 Å². The Hall–Kier alpha value is -1.31. The van der Waals surface area contributed by atoms with Crippen molar-refractivity contribution in [1.82, 2.24) is 4.72 Å². The van der Waals surface area contributed by atoms with E-state index in [1.165, 1.54) is 18.9 Å². The van der Waals surface area contributed by atoms with Crippen molar-refractivity contribution < 1.29 is 17.9 Å². The molecule has 0 saturated heterocycles. The van der Waals surface area contributed by atoms with Gasteiger partial charge in [-0.3, -0.25) is 0 Å². The highest BCUT2D eigenvalue weighted by Crippen LogP contribution is 2.28. The molecule has 0 radical (unpaired) electrons. The van der Waals surface area contributed by atoms with Gasteiger partial charge in [0.1, 0.15) is 10.6 Å². The minimum atomic E-state index is -3.66. The third kappa shape index (κ3) is 4.87. The van der Waals surface area contributed by atoms with E-state index in [1.807, 2.05) is 0 Å². The molecular formula is C14H22N2O4S. The molecule has 0 amide bonds. The summed E-state index contributed by atoms with van der Waals surface area (Å²) in [6.07, 6.45) is 2.43. The third-order valence-electron chi connectivity index (χ3n) is 3.15. The first-order chi connectivity index (χ1) is 10.0. The number of rotatable bonds is 9. The zero-order valence-corrected chi connectivity index (χ0v) is 13.0. The van der Waals surface area contributed by atoms with Gasteiger partial charge >= 0.3 is 0 Å². The zero-order chi connectivity index (χ0) is 15.3. The van der Waals surface area contributed by atoms with E-state index in [0.717, 1.165) is 0 Å². The zero-order valence-electron chi connectivity index (χ0n) is 12.2. The molecule has 0 bridgehead atoms. The van der Waals surface area contributed by atoms with Crippen LogP contribution >= 0.6 is 0 Å². The molecule has 1 aliphatic rings. The molecule has 1 aromatic carbocycles. The van der Waals surface area contributed by atoms with Crippen molar-refractivity contribution >= 4 is 15.7 Å². The summed E-state index contributed by atoms with van der Waals surface area (Å²) in [4.78, 5) is 0.0616. The Kier molecular flexibility index (Phi) is 5.44. The van der Waals surface area contributed by atoms with Crippen molar-refractivity contribution in [2.75, 3.05) is 32.1 Å². The molecule has 3 N–H and O–H groups in total. The van der Waals surface area contributed by atoms with Crippen LogP contribution < -0.4 is 15.2 Å². The summed E-state index contributed by atoms with van der Waals surface area (Å²) in [6, 6.07) is 4.58. The molecular weight excluding hydrogens is 292 g/mol. The lowest BCUT2D eigenvalue weighted by molar-refractivity contribution is 0.129. The lowest BCUT2D eigenvalue weighted by atomic mass is 10.3. The number of benzene rings is 1. The lowest BCUT2D eigenvalue weighted by Crippen LogP contribution is -2.28. The van der Waals surface area contributed by atoms with Gasteiger partial charge < -0.3 is 15.2 Å². The van der Waals surface area contributed by atoms with Gasteiger partial charge in [0, 0.05) is 18.8 Å². The number of ether oxygens (including phenoxy) is 2. The largest absolute Gasteiger partial charge is 0.492 e. The van der Waals surface area contributed by atoms with Crippen LogP contribution in [0.5, 0.6) is 5.75 Å². The summed E-state index contributed by atoms with van der Waals surface area (Å²) in [6.45, 7) is 3.49. The highest BCUT2D eigenvalue weighted by Gasteiger charge is 2.22. The van der Waals surface area contributed by atoms with Gasteiger partial charge in [-0.05, 0) is 43.9 Å². The second-order valence-corrected chi connectivity index (χ2v) is 6.79. The molecule has 1 aliphatic carbocycles. The van der Waals surface area contributed by atoms with E-state index in [9.17, 15) is 8.42 Å². The smallest absolute Gasteiger partial charge is 0.244 e. The monoisotopic (exact) mass is 314 g/mol. The molecule has 6 nitrogen and oxygen atoms in total. The van der Waals surface area contributed by atoms with Crippen molar-refractivity contribution in [3.8, 4) is 5.75 Å². The van der Waals surface area contributed by atoms with Gasteiger partial charge in [-0.15, -0.1) is 0 Å². The van der Waals surface area contributed by atoms with E-state index in [2.05, 4.69) is 4.72 Å². The Balaban J connectivity index is 1.95. The summed E-state index contributed by atoms with van der Waals surface area (Å²) in [5.74, 6) is 0.971. The van der Waals surface area contributed by atoms with Gasteiger partial charge in [-0.25, -0.2) is 13.1 Å². The maximum absolute atomic E-state index is 12.3. The highest BCUT2D eigenvalue weighted by molar-refractivity contribution is 7.89. The molecule has 1 aromatic rings. The van der Waals surface area contributed by atoms with Crippen LogP contribution in [0.1, 0.15) is 19.8 Å². The first-order valence-electron chi connectivity index (χ1n) is 7.12. The van der Waals surface area contributed by atoms with Crippen LogP contribution in [0, 0.1) is 5.92 Å². The van der Waals surface area contributed by atoms with Crippen LogP contribution in [0.3, 0.4) is 0 Å². The van der Waals surface area contributed by atoms with Gasteiger partial charge in [0.15, 0.2) is 0 Å². The number of hydrogen-bond acceptors (Lipinski definition) is 5. The molecule has 1 fully saturated rings. The van der Waals surface area contributed by atoms with Crippen molar-refractivity contribution in [2.24, 2.45) is 5.92 Å². The summed E-state index contributed by atoms with van der Waals surface area (Å²) in [5.41, 5.74) is 6.04. The Morgan fingerprint density at radius 3 is 2.81 bits per heavy atom. The number of sulfonamides is 1. The quantitative estimate of drug-likeness (QED) is 0.531. The van der Waals surface area contributed by atoms with Gasteiger partial charge in [0.05, 0.1) is 13.2 Å². The fraction of sp³-hybridized carbons (Fsp3) is 0.571. The van der Waals surface area contributed by atoms with Gasteiger partial charge in [0.2, 0.25) is 10.0 Å². The van der Waals surface area contributed by atoms with Crippen molar-refractivity contribution in [2.45, 2.75) is 24.7 Å². The topological polar surface area (TPSA) is 90.7 Å². The second-order valence-electron chi connectivity index (χ2n) is 5.06. The Morgan fingerprint density at radius 1 is 1.38 bits per heavy atom. The number of nitrogens with one attached hydrogen (secondary N) is 1. The fourth-order valence-corrected chi connectivity index (χ4v) is 3.06. The first kappa shape index (κ1) is 16.1. The highest BCUT2D eigenvalue weighted by atomic mass is 32.2. The molecule has 0 aromatic heterocycles. The first-order valence-corrected chi connectivity index (χ1v) is 8.61. The van der Waals surface area contributed by atoms with Gasteiger partial charge in [0.25, 0.3) is 0 Å². The Labute approximate surface area is 125 Å². The van der Waals surface area contributed by atoms with Crippen LogP contribution in [-0.4, -0.2) is 34.8 Å². The van der Waals surface area contributed by atoms with Crippen LogP contribution in [0.4, 0.5) is 5.69 Å². The summed E-state index contributed by atoms with van der Waals surface area (Å²) in [5, 5.41) is 0. The van der Waals surface area contributed by atoms with Crippen LogP contribution in [-0.2, 0) is 14.8 Å². The van der Waals surface area contributed by atoms with Crippen LogP contribution in [0.15, 0.2) is 23.1 Å². The Morgan fingerprint density at radius 2 is 2.14 bits per heavy atom. The fourth-order valence-electron chi connectivity index (χ4n) is 1.87. The maximum Gasteiger partial charge on any atom is 0.244 e. The molecule has 0 spiro atoms. The third-order valence-corrected chi connectivity index (χ3v) is 4.63. The SMILES string of the molecule is CCOc1ccc(N)cc1S(=O)(=O)NCCOCC1CC1. The summed E-state index contributed by atoms with van der Waals surface area (Å²) < 4.78 is 37.8. The van der Waals surface area contributed by atoms with E-state index >= 15 is 0 Å².